The first-order chi connectivity index (χ1) is 47.3. The molecule has 99 heavy (non-hydrogen) atoms. The first-order valence-electron chi connectivity index (χ1n) is 34.3. The van der Waals surface area contributed by atoms with E-state index in [0.717, 1.165) is 40.0 Å². The number of aliphatic hydroxyl groups excluding tert-OH is 3. The van der Waals surface area contributed by atoms with Crippen LogP contribution in [0.5, 0.6) is 0 Å². The molecule has 12 N–H and O–H groups in total. The Balaban J connectivity index is 0.713. The standard InChI is InChI=1S/C70H94Cl2N10O17/c1-37(2)55(78-61(88)47(75-38(3)83)17-10-11-23-73)62(89)77-48(18-12-24-74)60(87)76-42-21-19-39(20-22-42)33-96-67(94)79(4)25-26-80(5)68(95)98-52-28-50-54(46-16-9-7-14-44(46)52)41(30-72)32-82(50)66(93)70-34-69(35-70,36-70)65(92)81-31-40(29-71)53-45-15-8-6-13-43(45)51(27-49(53)81)97-64-58(86)56(84)57(85)59(99-64)63(90)91/h6-8,14-15,19-22,37,40-41,43,47-48,51-52,55-59,64,84-86H,9-13,16-18,23-36,73-74H2,1-5H3,(H,75,83)(H,76,87)(H,77,89)(H,78,88)(H,90,91). The molecule has 2 bridgehead atoms. The van der Waals surface area contributed by atoms with Gasteiger partial charge in [0, 0.05) is 107 Å². The van der Waals surface area contributed by atoms with Crippen molar-refractivity contribution < 1.29 is 82.5 Å². The summed E-state index contributed by atoms with van der Waals surface area (Å²) in [5.41, 5.74) is 16.9. The van der Waals surface area contributed by atoms with Gasteiger partial charge in [0.05, 0.1) is 16.9 Å². The van der Waals surface area contributed by atoms with Crippen molar-refractivity contribution in [3.63, 3.8) is 0 Å². The number of anilines is 1. The number of hydrogen-bond donors (Lipinski definition) is 10. The van der Waals surface area contributed by atoms with Gasteiger partial charge in [0.15, 0.2) is 12.4 Å². The van der Waals surface area contributed by atoms with Gasteiger partial charge >= 0.3 is 18.2 Å². The highest BCUT2D eigenvalue weighted by Gasteiger charge is 2.76. The summed E-state index contributed by atoms with van der Waals surface area (Å²) in [6.45, 7) is 6.17. The molecule has 1 saturated heterocycles. The number of carbonyl (C=O) groups is 9. The number of carbonyl (C=O) groups excluding carboxylic acids is 8. The monoisotopic (exact) mass is 1420 g/mol. The van der Waals surface area contributed by atoms with E-state index in [2.05, 4.69) is 21.3 Å². The number of rotatable bonds is 28. The van der Waals surface area contributed by atoms with Crippen LogP contribution in [0.2, 0.25) is 0 Å². The highest BCUT2D eigenvalue weighted by molar-refractivity contribution is 6.18. The van der Waals surface area contributed by atoms with Crippen LogP contribution in [0, 0.1) is 34.5 Å². The smallest absolute Gasteiger partial charge is 0.410 e. The van der Waals surface area contributed by atoms with E-state index in [4.69, 9.17) is 53.6 Å². The summed E-state index contributed by atoms with van der Waals surface area (Å²) in [5, 5.41) is 52.7. The SMILES string of the molecule is CC(=O)NC(CCCCN)C(=O)NC(C(=O)NC(CCCN)C(=O)Nc1ccc(COC(=O)N(C)CCN(C)C(=O)OC2CC3=C(C4=C2C=CCC4)C(CCl)CN3C(=O)C23CC(C(=O)N4CC(CCl)C5=C4CC(OC4OC(C(=O)O)C(O)C(O)C4O)C4CC=CC=C54)(C2)C3)cc1)C(C)C. The van der Waals surface area contributed by atoms with Crippen LogP contribution in [0.1, 0.15) is 110 Å². The second-order valence-electron chi connectivity index (χ2n) is 28.1. The zero-order valence-electron chi connectivity index (χ0n) is 56.6. The van der Waals surface area contributed by atoms with Crippen molar-refractivity contribution >= 4 is 82.5 Å². The number of nitrogens with zero attached hydrogens (tertiary/aromatic N) is 4. The Morgan fingerprint density at radius 2 is 1.36 bits per heavy atom. The number of aliphatic hydroxyl groups is 3. The van der Waals surface area contributed by atoms with Crippen molar-refractivity contribution in [2.24, 2.45) is 46.0 Å². The molecular formula is C70H94Cl2N10O17. The fourth-order valence-corrected chi connectivity index (χ4v) is 16.1. The Hall–Kier alpha value is -7.21. The quantitative estimate of drug-likeness (QED) is 0.0419. The van der Waals surface area contributed by atoms with E-state index >= 15 is 9.59 Å². The lowest BCUT2D eigenvalue weighted by atomic mass is 9.34. The molecule has 27 nitrogen and oxygen atoms in total. The van der Waals surface area contributed by atoms with Crippen LogP contribution in [0.4, 0.5) is 15.3 Å². The van der Waals surface area contributed by atoms with E-state index in [-0.39, 0.29) is 92.7 Å². The van der Waals surface area contributed by atoms with Gasteiger partial charge in [-0.1, -0.05) is 56.4 Å². The summed E-state index contributed by atoms with van der Waals surface area (Å²) in [6.07, 6.45) is 3.58. The van der Waals surface area contributed by atoms with Gasteiger partial charge < -0.3 is 91.7 Å². The van der Waals surface area contributed by atoms with E-state index in [1.54, 1.807) is 50.1 Å². The van der Waals surface area contributed by atoms with Crippen molar-refractivity contribution in [1.29, 1.82) is 0 Å². The van der Waals surface area contributed by atoms with Gasteiger partial charge in [0.2, 0.25) is 35.4 Å². The van der Waals surface area contributed by atoms with Crippen LogP contribution >= 0.6 is 23.2 Å². The zero-order valence-corrected chi connectivity index (χ0v) is 58.1. The molecule has 4 fully saturated rings. The molecule has 0 spiro atoms. The first-order valence-corrected chi connectivity index (χ1v) is 35.4. The molecule has 1 aromatic rings. The number of halogens is 2. The molecule has 3 heterocycles. The normalized spacial score (nSPS) is 28.8. The summed E-state index contributed by atoms with van der Waals surface area (Å²) in [5.74, 6) is -4.34. The maximum Gasteiger partial charge on any atom is 0.410 e. The Bertz CT molecular complexity index is 3460. The van der Waals surface area contributed by atoms with Crippen molar-refractivity contribution in [3.05, 3.63) is 99.5 Å². The first kappa shape index (κ1) is 74.5. The molecular weight excluding hydrogens is 1320 g/mol. The molecule has 8 amide bonds. The molecule has 13 unspecified atom stereocenters. The van der Waals surface area contributed by atoms with Gasteiger partial charge in [-0.05, 0) is 135 Å². The topological polar surface area (TPSA) is 385 Å². The number of ether oxygens (including phenoxy) is 4. The minimum Gasteiger partial charge on any atom is -0.479 e. The van der Waals surface area contributed by atoms with Gasteiger partial charge in [-0.2, -0.15) is 0 Å². The maximum atomic E-state index is 15.1. The van der Waals surface area contributed by atoms with Crippen LogP contribution in [0.15, 0.2) is 93.9 Å². The lowest BCUT2D eigenvalue weighted by molar-refractivity contribution is -0.307. The number of nitrogens with two attached hydrogens (primary N) is 2. The molecule has 10 aliphatic rings. The third-order valence-electron chi connectivity index (χ3n) is 20.9. The molecule has 3 saturated carbocycles. The third kappa shape index (κ3) is 15.7. The molecule has 3 aliphatic heterocycles. The number of likely N-dealkylation sites (N-methyl/N-ethyl adjacent to an activating group) is 2. The lowest BCUT2D eigenvalue weighted by Crippen LogP contribution is -2.72. The average Bonchev–Trinajstić information content (AvgIpc) is 1.50. The maximum absolute atomic E-state index is 15.1. The Labute approximate surface area is 585 Å². The van der Waals surface area contributed by atoms with Gasteiger partial charge in [0.1, 0.15) is 49.1 Å². The van der Waals surface area contributed by atoms with Crippen molar-refractivity contribution in [3.8, 4) is 0 Å². The number of unbranched alkanes of at least 4 members (excludes halogenated alkanes) is 1. The van der Waals surface area contributed by atoms with Gasteiger partial charge in [0.25, 0.3) is 0 Å². The summed E-state index contributed by atoms with van der Waals surface area (Å²) in [7, 11) is 3.11. The highest BCUT2D eigenvalue weighted by Crippen LogP contribution is 2.75. The summed E-state index contributed by atoms with van der Waals surface area (Å²) in [6, 6.07) is 3.68. The van der Waals surface area contributed by atoms with Crippen molar-refractivity contribution in [1.82, 2.24) is 35.6 Å². The summed E-state index contributed by atoms with van der Waals surface area (Å²) in [4.78, 5) is 128. The average molecular weight is 1420 g/mol. The molecule has 1 aromatic carbocycles. The molecule has 13 atom stereocenters. The number of alkyl halides is 2. The van der Waals surface area contributed by atoms with Crippen molar-refractivity contribution in [2.45, 2.75) is 172 Å². The Kier molecular flexibility index (Phi) is 23.9. The number of nitrogens with one attached hydrogen (secondary N) is 4. The molecule has 11 rings (SSSR count). The zero-order chi connectivity index (χ0) is 71.4. The minimum atomic E-state index is -1.90. The van der Waals surface area contributed by atoms with Gasteiger partial charge in [-0.25, -0.2) is 14.4 Å². The number of fused-ring (bicyclic) bond motifs is 3. The van der Waals surface area contributed by atoms with Crippen molar-refractivity contribution in [2.75, 3.05) is 70.4 Å². The predicted molar refractivity (Wildman–Crippen MR) is 362 cm³/mol. The Morgan fingerprint density at radius 3 is 1.98 bits per heavy atom. The number of hydrogen-bond acceptors (Lipinski definition) is 18. The van der Waals surface area contributed by atoms with E-state index < -0.39 is 114 Å². The third-order valence-corrected chi connectivity index (χ3v) is 21.6. The van der Waals surface area contributed by atoms with Gasteiger partial charge in [-0.3, -0.25) is 28.8 Å². The number of allylic oxidation sites excluding steroid dienone is 5. The van der Waals surface area contributed by atoms with Crippen LogP contribution in [0.25, 0.3) is 0 Å². The second kappa shape index (κ2) is 31.8. The van der Waals surface area contributed by atoms with Crippen LogP contribution in [0.3, 0.4) is 0 Å². The fraction of sp³-hybridized carbons (Fsp3) is 0.614. The number of benzene rings is 1. The minimum absolute atomic E-state index is 0.0787. The predicted octanol–water partition coefficient (Wildman–Crippen LogP) is 3.94. The number of aliphatic carboxylic acids is 1. The van der Waals surface area contributed by atoms with Crippen LogP contribution < -0.4 is 32.7 Å². The lowest BCUT2D eigenvalue weighted by Gasteiger charge is -2.69. The summed E-state index contributed by atoms with van der Waals surface area (Å²) >= 11 is 13.4. The largest absolute Gasteiger partial charge is 0.479 e. The summed E-state index contributed by atoms with van der Waals surface area (Å²) < 4.78 is 23.8. The van der Waals surface area contributed by atoms with Gasteiger partial charge in [-0.15, -0.1) is 23.2 Å². The van der Waals surface area contributed by atoms with Crippen LogP contribution in [-0.4, -0.2) is 220 Å². The number of amides is 8. The molecule has 29 heteroatoms. The van der Waals surface area contributed by atoms with E-state index in [9.17, 15) is 54.0 Å². The Morgan fingerprint density at radius 1 is 0.747 bits per heavy atom. The molecule has 540 valence electrons. The number of carboxylic acids is 1. The molecule has 0 radical (unpaired) electrons. The second-order valence-corrected chi connectivity index (χ2v) is 28.8. The molecule has 7 aliphatic carbocycles. The van der Waals surface area contributed by atoms with E-state index in [1.165, 1.54) is 23.8 Å². The number of carboxylic acid groups (broad SMARTS) is 1. The molecule has 0 aromatic heterocycles. The highest BCUT2D eigenvalue weighted by atomic mass is 35.5. The van der Waals surface area contributed by atoms with E-state index in [1.807, 2.05) is 35.3 Å². The van der Waals surface area contributed by atoms with Crippen LogP contribution in [-0.2, 0) is 59.1 Å². The van der Waals surface area contributed by atoms with E-state index in [0.29, 0.717) is 94.4 Å². The fourth-order valence-electron chi connectivity index (χ4n) is 15.6.